The average molecular weight is 473 g/mol. The van der Waals surface area contributed by atoms with Crippen molar-refractivity contribution < 1.29 is 27.9 Å². The molecular formula is C25H26F3N3O3. The van der Waals surface area contributed by atoms with Gasteiger partial charge in [-0.25, -0.2) is 4.79 Å². The van der Waals surface area contributed by atoms with Gasteiger partial charge in [0.15, 0.2) is 0 Å². The Hall–Kier alpha value is -3.64. The summed E-state index contributed by atoms with van der Waals surface area (Å²) in [6.45, 7) is 3.30. The quantitative estimate of drug-likeness (QED) is 0.343. The molecule has 2 rings (SSSR count). The highest BCUT2D eigenvalue weighted by Crippen LogP contribution is 2.34. The van der Waals surface area contributed by atoms with E-state index in [4.69, 9.17) is 10.4 Å². The van der Waals surface area contributed by atoms with Crippen LogP contribution in [0.3, 0.4) is 0 Å². The molecule has 3 N–H and O–H groups in total. The van der Waals surface area contributed by atoms with Crippen molar-refractivity contribution in [1.82, 2.24) is 10.6 Å². The highest BCUT2D eigenvalue weighted by Gasteiger charge is 2.42. The fourth-order valence-corrected chi connectivity index (χ4v) is 3.41. The van der Waals surface area contributed by atoms with Gasteiger partial charge < -0.3 is 10.4 Å². The number of hydrogen-bond donors (Lipinski definition) is 3. The van der Waals surface area contributed by atoms with Crippen LogP contribution in [0.4, 0.5) is 13.2 Å². The molecule has 0 radical (unpaired) electrons. The molecule has 2 aromatic rings. The summed E-state index contributed by atoms with van der Waals surface area (Å²) in [5, 5.41) is 22.2. The number of carboxylic acids is 1. The predicted molar refractivity (Wildman–Crippen MR) is 122 cm³/mol. The maximum Gasteiger partial charge on any atom is 0.407 e. The van der Waals surface area contributed by atoms with Gasteiger partial charge in [-0.2, -0.15) is 18.4 Å². The number of carbonyl (C=O) groups is 2. The summed E-state index contributed by atoms with van der Waals surface area (Å²) in [7, 11) is 0. The van der Waals surface area contributed by atoms with E-state index in [9.17, 15) is 22.8 Å². The monoisotopic (exact) mass is 473 g/mol. The maximum absolute atomic E-state index is 13.9. The van der Waals surface area contributed by atoms with Crippen molar-refractivity contribution in [3.8, 4) is 17.2 Å². The number of nitrogens with one attached hydrogen (secondary N) is 2. The first-order valence-corrected chi connectivity index (χ1v) is 10.6. The molecule has 2 unspecified atom stereocenters. The third-order valence-corrected chi connectivity index (χ3v) is 4.94. The lowest BCUT2D eigenvalue weighted by Gasteiger charge is -2.28. The van der Waals surface area contributed by atoms with Crippen LogP contribution in [0, 0.1) is 17.2 Å². The highest BCUT2D eigenvalue weighted by atomic mass is 19.4. The smallest absolute Gasteiger partial charge is 0.407 e. The number of amides is 1. The zero-order chi connectivity index (χ0) is 25.3. The summed E-state index contributed by atoms with van der Waals surface area (Å²) in [4.78, 5) is 23.1. The lowest BCUT2D eigenvalue weighted by molar-refractivity contribution is -0.161. The Morgan fingerprint density at radius 2 is 1.79 bits per heavy atom. The first-order chi connectivity index (χ1) is 16.0. The van der Waals surface area contributed by atoms with Gasteiger partial charge in [-0.3, -0.25) is 10.1 Å². The van der Waals surface area contributed by atoms with Gasteiger partial charge in [-0.05, 0) is 46.7 Å². The van der Waals surface area contributed by atoms with Crippen LogP contribution in [-0.2, 0) is 9.59 Å². The van der Waals surface area contributed by atoms with Crippen molar-refractivity contribution in [2.45, 2.75) is 38.5 Å². The minimum absolute atomic E-state index is 0.0518. The zero-order valence-corrected chi connectivity index (χ0v) is 18.8. The molecule has 34 heavy (non-hydrogen) atoms. The molecule has 0 spiro atoms. The van der Waals surface area contributed by atoms with E-state index < -0.39 is 30.1 Å². The SMILES string of the molecule is CC(C)CC(NC(c1ccc(-c2cccc(/C=C/C(=O)O)c2)cc1)C(F)(F)F)C(=O)NCC#N. The number of nitrogens with zero attached hydrogens (tertiary/aromatic N) is 1. The summed E-state index contributed by atoms with van der Waals surface area (Å²) in [5.41, 5.74) is 1.95. The van der Waals surface area contributed by atoms with Crippen molar-refractivity contribution in [2.24, 2.45) is 5.92 Å². The van der Waals surface area contributed by atoms with Gasteiger partial charge in [-0.1, -0.05) is 56.3 Å². The Morgan fingerprint density at radius 3 is 2.35 bits per heavy atom. The van der Waals surface area contributed by atoms with Crippen LogP contribution in [0.15, 0.2) is 54.6 Å². The van der Waals surface area contributed by atoms with Crippen molar-refractivity contribution in [3.05, 3.63) is 65.7 Å². The molecule has 9 heteroatoms. The van der Waals surface area contributed by atoms with Crippen LogP contribution in [0.2, 0.25) is 0 Å². The molecule has 0 aromatic heterocycles. The Bertz CT molecular complexity index is 1060. The highest BCUT2D eigenvalue weighted by molar-refractivity contribution is 5.85. The lowest BCUT2D eigenvalue weighted by atomic mass is 9.97. The van der Waals surface area contributed by atoms with Crippen molar-refractivity contribution >= 4 is 18.0 Å². The van der Waals surface area contributed by atoms with E-state index >= 15 is 0 Å². The summed E-state index contributed by atoms with van der Waals surface area (Å²) in [6, 6.07) is 11.3. The molecular weight excluding hydrogens is 447 g/mol. The first kappa shape index (κ1) is 26.6. The van der Waals surface area contributed by atoms with E-state index in [1.807, 2.05) is 0 Å². The van der Waals surface area contributed by atoms with Crippen LogP contribution in [0.25, 0.3) is 17.2 Å². The Morgan fingerprint density at radius 1 is 1.12 bits per heavy atom. The van der Waals surface area contributed by atoms with Gasteiger partial charge in [-0.15, -0.1) is 0 Å². The largest absolute Gasteiger partial charge is 0.478 e. The standard InChI is InChI=1S/C25H26F3N3O3/c1-16(2)14-21(24(34)30-13-12-29)31-23(25(26,27)28)19-9-7-18(8-10-19)20-5-3-4-17(15-20)6-11-22(32)33/h3-11,15-16,21,23,31H,13-14H2,1-2H3,(H,30,34)(H,32,33)/b11-6+. The molecule has 0 heterocycles. The van der Waals surface area contributed by atoms with Crippen molar-refractivity contribution in [3.63, 3.8) is 0 Å². The molecule has 1 amide bonds. The fraction of sp³-hybridized carbons (Fsp3) is 0.320. The second kappa shape index (κ2) is 12.0. The van der Waals surface area contributed by atoms with E-state index in [1.54, 1.807) is 56.3 Å². The van der Waals surface area contributed by atoms with E-state index in [-0.39, 0.29) is 24.4 Å². The van der Waals surface area contributed by atoms with Crippen LogP contribution in [0.1, 0.15) is 37.4 Å². The van der Waals surface area contributed by atoms with Crippen molar-refractivity contribution in [2.75, 3.05) is 6.54 Å². The Kier molecular flexibility index (Phi) is 9.39. The van der Waals surface area contributed by atoms with Gasteiger partial charge >= 0.3 is 12.1 Å². The lowest BCUT2D eigenvalue weighted by Crippen LogP contribution is -2.49. The van der Waals surface area contributed by atoms with Gasteiger partial charge in [0.25, 0.3) is 0 Å². The van der Waals surface area contributed by atoms with Gasteiger partial charge in [0.05, 0.1) is 12.1 Å². The molecule has 0 bridgehead atoms. The normalized spacial score (nSPS) is 13.4. The number of aliphatic carboxylic acids is 1. The number of nitriles is 1. The molecule has 0 saturated carbocycles. The summed E-state index contributed by atoms with van der Waals surface area (Å²) in [5.74, 6) is -1.80. The second-order valence-corrected chi connectivity index (χ2v) is 8.12. The zero-order valence-electron chi connectivity index (χ0n) is 18.8. The number of hydrogen-bond acceptors (Lipinski definition) is 4. The molecule has 0 aliphatic carbocycles. The number of carbonyl (C=O) groups excluding carboxylic acids is 1. The predicted octanol–water partition coefficient (Wildman–Crippen LogP) is 4.70. The van der Waals surface area contributed by atoms with Crippen LogP contribution in [-0.4, -0.2) is 35.7 Å². The summed E-state index contributed by atoms with van der Waals surface area (Å²) in [6.07, 6.45) is -2.06. The molecule has 2 aromatic carbocycles. The Balaban J connectivity index is 2.31. The number of benzene rings is 2. The number of rotatable bonds is 10. The van der Waals surface area contributed by atoms with E-state index in [0.29, 0.717) is 16.7 Å². The molecule has 2 atom stereocenters. The summed E-state index contributed by atoms with van der Waals surface area (Å²) >= 11 is 0. The third-order valence-electron chi connectivity index (χ3n) is 4.94. The number of alkyl halides is 3. The summed E-state index contributed by atoms with van der Waals surface area (Å²) < 4.78 is 41.8. The minimum Gasteiger partial charge on any atom is -0.478 e. The van der Waals surface area contributed by atoms with E-state index in [1.165, 1.54) is 18.2 Å². The fourth-order valence-electron chi connectivity index (χ4n) is 3.41. The van der Waals surface area contributed by atoms with Gasteiger partial charge in [0, 0.05) is 6.08 Å². The van der Waals surface area contributed by atoms with Gasteiger partial charge in [0.2, 0.25) is 5.91 Å². The van der Waals surface area contributed by atoms with Gasteiger partial charge in [0.1, 0.15) is 12.6 Å². The third kappa shape index (κ3) is 8.05. The molecule has 0 aliphatic heterocycles. The molecule has 180 valence electrons. The van der Waals surface area contributed by atoms with Crippen molar-refractivity contribution in [1.29, 1.82) is 5.26 Å². The van der Waals surface area contributed by atoms with E-state index in [0.717, 1.165) is 6.08 Å². The van der Waals surface area contributed by atoms with Crippen LogP contribution >= 0.6 is 0 Å². The van der Waals surface area contributed by atoms with E-state index in [2.05, 4.69) is 10.6 Å². The van der Waals surface area contributed by atoms with Crippen LogP contribution < -0.4 is 10.6 Å². The maximum atomic E-state index is 13.9. The molecule has 6 nitrogen and oxygen atoms in total. The minimum atomic E-state index is -4.66. The van der Waals surface area contributed by atoms with Crippen LogP contribution in [0.5, 0.6) is 0 Å². The molecule has 0 saturated heterocycles. The molecule has 0 aliphatic rings. The first-order valence-electron chi connectivity index (χ1n) is 10.6. The number of carboxylic acid groups (broad SMARTS) is 1. The second-order valence-electron chi connectivity index (χ2n) is 8.12. The number of halogens is 3. The Labute approximate surface area is 196 Å². The topological polar surface area (TPSA) is 102 Å². The average Bonchev–Trinajstić information content (AvgIpc) is 2.78. The molecule has 0 fully saturated rings.